The summed E-state index contributed by atoms with van der Waals surface area (Å²) >= 11 is 0. The molecule has 0 fully saturated rings. The average Bonchev–Trinajstić information content (AvgIpc) is 2.90. The number of nitrogens with one attached hydrogen (secondary N) is 2. The molecular weight excluding hydrogens is 450 g/mol. The van der Waals surface area contributed by atoms with E-state index in [4.69, 9.17) is 0 Å². The highest BCUT2D eigenvalue weighted by Crippen LogP contribution is 2.25. The number of pyridine rings is 2. The third kappa shape index (κ3) is 5.68. The molecule has 5 rings (SSSR count). The van der Waals surface area contributed by atoms with Gasteiger partial charge in [-0.05, 0) is 72.6 Å². The van der Waals surface area contributed by atoms with Crippen LogP contribution >= 0.6 is 0 Å². The molecule has 0 radical (unpaired) electrons. The number of anilines is 3. The minimum atomic E-state index is 0.251. The number of rotatable bonds is 7. The molecule has 3 N–H and O–H groups in total. The summed E-state index contributed by atoms with van der Waals surface area (Å²) < 4.78 is 0. The molecule has 0 atom stereocenters. The van der Waals surface area contributed by atoms with Crippen LogP contribution in [0.3, 0.4) is 0 Å². The van der Waals surface area contributed by atoms with Crippen LogP contribution in [0.15, 0.2) is 103 Å². The molecule has 176 valence electrons. The number of benzene rings is 2. The minimum absolute atomic E-state index is 0.251. The molecular formula is C28H23N7O. The van der Waals surface area contributed by atoms with Gasteiger partial charge in [0, 0.05) is 29.3 Å². The molecule has 0 aliphatic heterocycles. The number of hydrogen-bond acceptors (Lipinski definition) is 8. The van der Waals surface area contributed by atoms with Crippen molar-refractivity contribution in [3.05, 3.63) is 109 Å². The zero-order valence-electron chi connectivity index (χ0n) is 19.5. The first-order valence-electron chi connectivity index (χ1n) is 11.3. The van der Waals surface area contributed by atoms with Crippen LogP contribution in [0.5, 0.6) is 5.75 Å². The minimum Gasteiger partial charge on any atom is -0.508 e. The second-order valence-electron chi connectivity index (χ2n) is 8.05. The Kier molecular flexibility index (Phi) is 6.57. The van der Waals surface area contributed by atoms with Crippen molar-refractivity contribution in [2.75, 3.05) is 10.7 Å². The van der Waals surface area contributed by atoms with Crippen molar-refractivity contribution in [1.82, 2.24) is 19.9 Å². The molecule has 0 amide bonds. The van der Waals surface area contributed by atoms with Gasteiger partial charge in [-0.15, -0.1) is 0 Å². The maximum absolute atomic E-state index is 9.68. The average molecular weight is 474 g/mol. The Morgan fingerprint density at radius 3 is 2.36 bits per heavy atom. The summed E-state index contributed by atoms with van der Waals surface area (Å²) in [6, 6.07) is 24.7. The van der Waals surface area contributed by atoms with Crippen LogP contribution < -0.4 is 10.7 Å². The third-order valence-corrected chi connectivity index (χ3v) is 5.33. The fourth-order valence-corrected chi connectivity index (χ4v) is 3.60. The number of phenols is 1. The van der Waals surface area contributed by atoms with Gasteiger partial charge in [0.2, 0.25) is 5.95 Å². The molecule has 3 heterocycles. The Morgan fingerprint density at radius 1 is 0.806 bits per heavy atom. The lowest BCUT2D eigenvalue weighted by atomic mass is 10.1. The van der Waals surface area contributed by atoms with Crippen molar-refractivity contribution in [2.24, 2.45) is 5.10 Å². The van der Waals surface area contributed by atoms with Crippen molar-refractivity contribution in [3.8, 4) is 28.1 Å². The molecule has 2 aromatic carbocycles. The monoisotopic (exact) mass is 473 g/mol. The van der Waals surface area contributed by atoms with E-state index in [-0.39, 0.29) is 5.75 Å². The van der Waals surface area contributed by atoms with Gasteiger partial charge in [0.25, 0.3) is 0 Å². The van der Waals surface area contributed by atoms with E-state index in [1.807, 2.05) is 73.7 Å². The predicted molar refractivity (Wildman–Crippen MR) is 142 cm³/mol. The van der Waals surface area contributed by atoms with Crippen molar-refractivity contribution >= 4 is 23.5 Å². The van der Waals surface area contributed by atoms with Crippen molar-refractivity contribution in [1.29, 1.82) is 0 Å². The molecule has 0 saturated heterocycles. The number of hydrazone groups is 1. The van der Waals surface area contributed by atoms with Gasteiger partial charge in [0.05, 0.1) is 29.5 Å². The van der Waals surface area contributed by atoms with E-state index >= 15 is 0 Å². The highest BCUT2D eigenvalue weighted by molar-refractivity contribution is 5.78. The molecule has 0 saturated carbocycles. The Bertz CT molecular complexity index is 1490. The van der Waals surface area contributed by atoms with Gasteiger partial charge >= 0.3 is 0 Å². The number of phenolic OH excluding ortho intramolecular Hbond substituents is 1. The Labute approximate surface area is 208 Å². The summed E-state index contributed by atoms with van der Waals surface area (Å²) in [4.78, 5) is 17.4. The van der Waals surface area contributed by atoms with Crippen LogP contribution in [-0.4, -0.2) is 31.3 Å². The van der Waals surface area contributed by atoms with E-state index in [0.717, 1.165) is 39.5 Å². The quantitative estimate of drug-likeness (QED) is 0.202. The fraction of sp³-hybridized carbons (Fsp3) is 0.0357. The maximum Gasteiger partial charge on any atom is 0.244 e. The molecule has 0 bridgehead atoms. The van der Waals surface area contributed by atoms with E-state index in [1.54, 1.807) is 36.9 Å². The molecule has 36 heavy (non-hydrogen) atoms. The lowest BCUT2D eigenvalue weighted by Crippen LogP contribution is -2.00. The second kappa shape index (κ2) is 10.4. The van der Waals surface area contributed by atoms with E-state index in [0.29, 0.717) is 11.6 Å². The van der Waals surface area contributed by atoms with Crippen molar-refractivity contribution < 1.29 is 5.11 Å². The Morgan fingerprint density at radius 2 is 1.61 bits per heavy atom. The molecule has 8 nitrogen and oxygen atoms in total. The van der Waals surface area contributed by atoms with Crippen LogP contribution in [0.2, 0.25) is 0 Å². The highest BCUT2D eigenvalue weighted by atomic mass is 16.3. The van der Waals surface area contributed by atoms with E-state index in [9.17, 15) is 5.11 Å². The maximum atomic E-state index is 9.68. The molecule has 5 aromatic rings. The molecule has 0 unspecified atom stereocenters. The van der Waals surface area contributed by atoms with Crippen molar-refractivity contribution in [2.45, 2.75) is 6.92 Å². The number of aromatic nitrogens is 4. The summed E-state index contributed by atoms with van der Waals surface area (Å²) in [7, 11) is 0. The summed E-state index contributed by atoms with van der Waals surface area (Å²) in [5, 5.41) is 17.3. The van der Waals surface area contributed by atoms with Crippen LogP contribution in [-0.2, 0) is 0 Å². The highest BCUT2D eigenvalue weighted by Gasteiger charge is 2.04. The van der Waals surface area contributed by atoms with Gasteiger partial charge in [0.15, 0.2) is 0 Å². The molecule has 0 aliphatic carbocycles. The number of aryl methyl sites for hydroxylation is 1. The predicted octanol–water partition coefficient (Wildman–Crippen LogP) is 5.80. The molecule has 0 aliphatic rings. The first-order valence-corrected chi connectivity index (χ1v) is 11.3. The van der Waals surface area contributed by atoms with Crippen molar-refractivity contribution in [3.63, 3.8) is 0 Å². The van der Waals surface area contributed by atoms with Crippen LogP contribution in [0.1, 0.15) is 11.4 Å². The summed E-state index contributed by atoms with van der Waals surface area (Å²) in [5.41, 5.74) is 9.94. The number of hydrogen-bond donors (Lipinski definition) is 3. The van der Waals surface area contributed by atoms with E-state index in [1.165, 1.54) is 0 Å². The Balaban J connectivity index is 1.20. The third-order valence-electron chi connectivity index (χ3n) is 5.33. The first-order chi connectivity index (χ1) is 17.6. The fourth-order valence-electron chi connectivity index (χ4n) is 3.60. The van der Waals surface area contributed by atoms with E-state index < -0.39 is 0 Å². The van der Waals surface area contributed by atoms with Gasteiger partial charge in [-0.1, -0.05) is 24.3 Å². The standard InChI is InChI=1S/C28H23N7O/c1-19-15-27(21-11-13-29-14-12-21)34-28(32-19)35-31-18-24-9-10-25(17-30-24)33-23-7-5-20(6-8-23)22-3-2-4-26(36)16-22/h2-18,33,36H,1H3,(H,32,34,35)/b31-18+. The zero-order chi connectivity index (χ0) is 24.7. The van der Waals surface area contributed by atoms with Crippen LogP contribution in [0, 0.1) is 6.92 Å². The van der Waals surface area contributed by atoms with Gasteiger partial charge < -0.3 is 10.4 Å². The molecule has 3 aromatic heterocycles. The van der Waals surface area contributed by atoms with Crippen LogP contribution in [0.4, 0.5) is 17.3 Å². The molecule has 8 heteroatoms. The summed E-state index contributed by atoms with van der Waals surface area (Å²) in [6.45, 7) is 1.91. The largest absolute Gasteiger partial charge is 0.508 e. The lowest BCUT2D eigenvalue weighted by molar-refractivity contribution is 0.475. The Hall–Kier alpha value is -5.11. The number of aromatic hydroxyl groups is 1. The van der Waals surface area contributed by atoms with Crippen LogP contribution in [0.25, 0.3) is 22.4 Å². The zero-order valence-corrected chi connectivity index (χ0v) is 19.5. The smallest absolute Gasteiger partial charge is 0.244 e. The molecule has 0 spiro atoms. The normalized spacial score (nSPS) is 10.9. The first kappa shape index (κ1) is 22.7. The van der Waals surface area contributed by atoms with Gasteiger partial charge in [-0.25, -0.2) is 15.4 Å². The topological polar surface area (TPSA) is 108 Å². The summed E-state index contributed by atoms with van der Waals surface area (Å²) in [5.74, 6) is 0.659. The second-order valence-corrected chi connectivity index (χ2v) is 8.05. The van der Waals surface area contributed by atoms with Gasteiger partial charge in [-0.2, -0.15) is 5.10 Å². The van der Waals surface area contributed by atoms with E-state index in [2.05, 4.69) is 35.8 Å². The van der Waals surface area contributed by atoms with Gasteiger partial charge in [0.1, 0.15) is 5.75 Å². The summed E-state index contributed by atoms with van der Waals surface area (Å²) in [6.07, 6.45) is 6.82. The van der Waals surface area contributed by atoms with Gasteiger partial charge in [-0.3, -0.25) is 9.97 Å². The number of nitrogens with zero attached hydrogens (tertiary/aromatic N) is 5. The SMILES string of the molecule is Cc1cc(-c2ccncc2)nc(N/N=C/c2ccc(Nc3ccc(-c4cccc(O)c4)cc3)cn2)n1. The lowest BCUT2D eigenvalue weighted by Gasteiger charge is -2.08.